The predicted octanol–water partition coefficient (Wildman–Crippen LogP) is 1.23. The second kappa shape index (κ2) is 1.03. The molecule has 0 saturated carbocycles. The van der Waals surface area contributed by atoms with Crippen molar-refractivity contribution in [1.82, 2.24) is 0 Å². The highest BCUT2D eigenvalue weighted by molar-refractivity contribution is 5.11. The SMILES string of the molecule is [2H]C1=C([2H])[C@]([2H])(F)[C@@]1([2H])F. The standard InChI is InChI=1S/C4H4F2/c5-3-1-2-4(3)6/h1-4H/t3-,4-/m0/s1/i1D,2D,3D,4D. The van der Waals surface area contributed by atoms with Gasteiger partial charge in [-0.05, 0) is 12.1 Å². The molecule has 0 aromatic rings. The Bertz CT molecular complexity index is 185. The largest absolute Gasteiger partial charge is 0.239 e. The van der Waals surface area contributed by atoms with Gasteiger partial charge in [0.2, 0.25) is 0 Å². The number of rotatable bonds is 0. The lowest BCUT2D eigenvalue weighted by Gasteiger charge is -2.11. The number of hydrogen-bond donors (Lipinski definition) is 0. The van der Waals surface area contributed by atoms with E-state index in [-0.39, 0.29) is 0 Å². The average Bonchev–Trinajstić information content (AvgIpc) is 1.84. The Morgan fingerprint density at radius 1 is 1.50 bits per heavy atom. The topological polar surface area (TPSA) is 0 Å². The second-order valence-electron chi connectivity index (χ2n) is 0.878. The van der Waals surface area contributed by atoms with Crippen LogP contribution in [0.1, 0.15) is 5.48 Å². The molecule has 1 aliphatic rings. The summed E-state index contributed by atoms with van der Waals surface area (Å²) in [6.07, 6.45) is -6.69. The lowest BCUT2D eigenvalue weighted by atomic mass is 10.1. The van der Waals surface area contributed by atoms with Gasteiger partial charge in [-0.1, -0.05) is 0 Å². The van der Waals surface area contributed by atoms with Crippen LogP contribution in [-0.2, 0) is 0 Å². The minimum absolute atomic E-state index is 1.06. The molecule has 0 aromatic heterocycles. The molecule has 0 spiro atoms. The van der Waals surface area contributed by atoms with Crippen LogP contribution in [0.2, 0.25) is 0 Å². The van der Waals surface area contributed by atoms with E-state index in [2.05, 4.69) is 0 Å². The van der Waals surface area contributed by atoms with Crippen LogP contribution in [0.25, 0.3) is 0 Å². The molecule has 1 rings (SSSR count). The molecule has 0 radical (unpaired) electrons. The van der Waals surface area contributed by atoms with Gasteiger partial charge in [-0.15, -0.1) is 0 Å². The minimum Gasteiger partial charge on any atom is -0.239 e. The van der Waals surface area contributed by atoms with E-state index in [0.717, 1.165) is 0 Å². The van der Waals surface area contributed by atoms with Gasteiger partial charge in [-0.25, -0.2) is 8.78 Å². The Kier molecular flexibility index (Phi) is 0.221. The van der Waals surface area contributed by atoms with E-state index in [4.69, 9.17) is 5.48 Å². The van der Waals surface area contributed by atoms with Gasteiger partial charge in [-0.3, -0.25) is 0 Å². The fourth-order valence-corrected chi connectivity index (χ4v) is 0.157. The monoisotopic (exact) mass is 94.1 g/mol. The molecule has 0 aliphatic heterocycles. The Morgan fingerprint density at radius 2 is 1.83 bits per heavy atom. The summed E-state index contributed by atoms with van der Waals surface area (Å²) < 4.78 is 50.6. The second-order valence-corrected chi connectivity index (χ2v) is 0.878. The first-order valence-corrected chi connectivity index (χ1v) is 1.38. The van der Waals surface area contributed by atoms with Crippen molar-refractivity contribution in [2.24, 2.45) is 0 Å². The van der Waals surface area contributed by atoms with Crippen LogP contribution in [0, 0.1) is 0 Å². The molecule has 0 nitrogen and oxygen atoms in total. The van der Waals surface area contributed by atoms with Crippen LogP contribution in [0.3, 0.4) is 0 Å². The van der Waals surface area contributed by atoms with E-state index in [1.54, 1.807) is 0 Å². The molecule has 34 valence electrons. The average molecular weight is 94.1 g/mol. The van der Waals surface area contributed by atoms with E-state index < -0.39 is 24.4 Å². The van der Waals surface area contributed by atoms with Crippen molar-refractivity contribution in [3.63, 3.8) is 0 Å². The van der Waals surface area contributed by atoms with E-state index in [0.29, 0.717) is 0 Å². The predicted molar refractivity (Wildman–Crippen MR) is 18.9 cm³/mol. The fraction of sp³-hybridized carbons (Fsp3) is 0.500. The van der Waals surface area contributed by atoms with Gasteiger partial charge in [0.05, 0.1) is 5.48 Å². The number of alkyl halides is 2. The van der Waals surface area contributed by atoms with Crippen molar-refractivity contribution < 1.29 is 14.3 Å². The maximum atomic E-state index is 12.4. The normalized spacial score (nSPS) is 79.7. The summed E-state index contributed by atoms with van der Waals surface area (Å²) >= 11 is 0. The molecule has 0 bridgehead atoms. The van der Waals surface area contributed by atoms with Gasteiger partial charge >= 0.3 is 0 Å². The summed E-state index contributed by atoms with van der Waals surface area (Å²) in [6.45, 7) is 0. The maximum absolute atomic E-state index is 12.4. The third-order valence-electron chi connectivity index (χ3n) is 0.475. The highest BCUT2D eigenvalue weighted by atomic mass is 19.2. The van der Waals surface area contributed by atoms with Gasteiger partial charge in [0.15, 0.2) is 12.3 Å². The molecule has 0 fully saturated rings. The van der Waals surface area contributed by atoms with Crippen LogP contribution >= 0.6 is 0 Å². The third-order valence-corrected chi connectivity index (χ3v) is 0.475. The highest BCUT2D eigenvalue weighted by Crippen LogP contribution is 2.15. The smallest absolute Gasteiger partial charge is 0.153 e. The van der Waals surface area contributed by atoms with Crippen molar-refractivity contribution in [1.29, 1.82) is 0 Å². The van der Waals surface area contributed by atoms with Crippen molar-refractivity contribution in [2.45, 2.75) is 12.3 Å². The molecule has 6 heavy (non-hydrogen) atoms. The van der Waals surface area contributed by atoms with Crippen molar-refractivity contribution >= 4 is 0 Å². The van der Waals surface area contributed by atoms with Gasteiger partial charge < -0.3 is 0 Å². The molecular formula is C4H4F2. The Balaban J connectivity index is 3.10. The fourth-order valence-electron chi connectivity index (χ4n) is 0.157. The Hall–Kier alpha value is -0.400. The van der Waals surface area contributed by atoms with Crippen LogP contribution in [0.4, 0.5) is 8.78 Å². The van der Waals surface area contributed by atoms with Crippen LogP contribution in [0.5, 0.6) is 0 Å². The molecule has 0 amide bonds. The minimum atomic E-state index is -3.34. The number of hydrogen-bond acceptors (Lipinski definition) is 0. The van der Waals surface area contributed by atoms with Crippen LogP contribution in [0.15, 0.2) is 12.1 Å². The molecule has 0 heterocycles. The summed E-state index contributed by atoms with van der Waals surface area (Å²) in [5.41, 5.74) is 0. The lowest BCUT2D eigenvalue weighted by Crippen LogP contribution is -2.19. The summed E-state index contributed by atoms with van der Waals surface area (Å²) in [5.74, 6) is 0. The molecule has 2 atom stereocenters. The van der Waals surface area contributed by atoms with Gasteiger partial charge in [0.1, 0.15) is 0 Å². The van der Waals surface area contributed by atoms with E-state index in [1.807, 2.05) is 0 Å². The first-order valence-electron chi connectivity index (χ1n) is 3.38. The van der Waals surface area contributed by atoms with Gasteiger partial charge in [-0.2, -0.15) is 0 Å². The molecule has 0 saturated heterocycles. The zero-order valence-corrected chi connectivity index (χ0v) is 2.76. The lowest BCUT2D eigenvalue weighted by molar-refractivity contribution is 0.220. The summed E-state index contributed by atoms with van der Waals surface area (Å²) in [7, 11) is 0. The third kappa shape index (κ3) is 0.329. The summed E-state index contributed by atoms with van der Waals surface area (Å²) in [6, 6.07) is -2.13. The zero-order chi connectivity index (χ0) is 8.15. The van der Waals surface area contributed by atoms with Crippen molar-refractivity contribution in [2.75, 3.05) is 0 Å². The number of halogens is 2. The van der Waals surface area contributed by atoms with E-state index >= 15 is 0 Å². The first-order chi connectivity index (χ1) is 4.32. The van der Waals surface area contributed by atoms with Crippen molar-refractivity contribution in [3.05, 3.63) is 12.1 Å². The molecule has 2 heteroatoms. The maximum Gasteiger partial charge on any atom is 0.153 e. The molecular weight excluding hydrogens is 86.0 g/mol. The molecule has 0 unspecified atom stereocenters. The summed E-state index contributed by atoms with van der Waals surface area (Å²) in [5, 5.41) is 0. The van der Waals surface area contributed by atoms with Crippen LogP contribution in [-0.4, -0.2) is 12.3 Å². The summed E-state index contributed by atoms with van der Waals surface area (Å²) in [4.78, 5) is 0. The van der Waals surface area contributed by atoms with E-state index in [1.165, 1.54) is 0 Å². The Labute approximate surface area is 40.1 Å². The van der Waals surface area contributed by atoms with Crippen LogP contribution < -0.4 is 0 Å². The molecule has 1 aliphatic carbocycles. The Morgan fingerprint density at radius 3 is 2.00 bits per heavy atom. The quantitative estimate of drug-likeness (QED) is 0.396. The molecule has 0 N–H and O–H groups in total. The zero-order valence-electron chi connectivity index (χ0n) is 6.76. The first kappa shape index (κ1) is 1.29. The van der Waals surface area contributed by atoms with E-state index in [9.17, 15) is 8.78 Å². The highest BCUT2D eigenvalue weighted by Gasteiger charge is 2.21. The van der Waals surface area contributed by atoms with Gasteiger partial charge in [0, 0.05) is 0 Å². The molecule has 0 aromatic carbocycles. The van der Waals surface area contributed by atoms with Crippen molar-refractivity contribution in [3.8, 4) is 0 Å². The van der Waals surface area contributed by atoms with Gasteiger partial charge in [0.25, 0.3) is 0 Å². The number of allylic oxidation sites excluding steroid dienone is 2.